The van der Waals surface area contributed by atoms with Crippen molar-refractivity contribution in [3.05, 3.63) is 101 Å². The molecular formula is C28H28F3N3O5S. The van der Waals surface area contributed by atoms with E-state index >= 15 is 0 Å². The van der Waals surface area contributed by atoms with Crippen LogP contribution in [0.4, 0.5) is 13.2 Å². The van der Waals surface area contributed by atoms with Crippen LogP contribution in [0.5, 0.6) is 0 Å². The van der Waals surface area contributed by atoms with Crippen LogP contribution < -0.4 is 10.0 Å². The minimum Gasteiger partial charge on any atom is -0.477 e. The fourth-order valence-corrected chi connectivity index (χ4v) is 5.52. The van der Waals surface area contributed by atoms with E-state index in [1.807, 2.05) is 49.4 Å². The molecule has 4 N–H and O–H groups in total. The lowest BCUT2D eigenvalue weighted by atomic mass is 10.0. The molecule has 0 bridgehead atoms. The number of nitrogens with zero attached hydrogens (tertiary/aromatic N) is 1. The lowest BCUT2D eigenvalue weighted by Gasteiger charge is -2.18. The first-order chi connectivity index (χ1) is 18.8. The fraction of sp³-hybridized carbons (Fsp3) is 0.250. The van der Waals surface area contributed by atoms with E-state index in [9.17, 15) is 36.6 Å². The number of nitrogens with one attached hydrogen (secondary N) is 2. The number of benzene rings is 3. The molecule has 4 rings (SSSR count). The zero-order valence-electron chi connectivity index (χ0n) is 21.4. The van der Waals surface area contributed by atoms with E-state index < -0.39 is 33.3 Å². The van der Waals surface area contributed by atoms with Crippen LogP contribution in [-0.4, -0.2) is 48.1 Å². The van der Waals surface area contributed by atoms with E-state index in [0.29, 0.717) is 34.2 Å². The second-order valence-corrected chi connectivity index (χ2v) is 11.2. The van der Waals surface area contributed by atoms with E-state index in [-0.39, 0.29) is 18.3 Å². The van der Waals surface area contributed by atoms with Gasteiger partial charge in [-0.1, -0.05) is 48.5 Å². The predicted octanol–water partition coefficient (Wildman–Crippen LogP) is 4.44. The minimum absolute atomic E-state index is 0.00633. The van der Waals surface area contributed by atoms with Crippen molar-refractivity contribution in [3.8, 4) is 0 Å². The standard InChI is InChI=1S/C28H28F3N3O5S/c1-18(32-16-26(35)21-7-3-2-4-8-21)12-19-10-11-24-22(13-19)15-25(27(36)37)34(24)17-20-6-5-9-23(14-20)40(38,39)33-28(29,30)31/h2-11,13-15,18,26,32-33,35H,12,16-17H2,1H3,(H,36,37). The molecule has 0 saturated heterocycles. The third-order valence-corrected chi connectivity index (χ3v) is 7.75. The highest BCUT2D eigenvalue weighted by Gasteiger charge is 2.35. The van der Waals surface area contributed by atoms with Gasteiger partial charge in [-0.05, 0) is 60.4 Å². The second kappa shape index (κ2) is 11.8. The highest BCUT2D eigenvalue weighted by atomic mass is 32.2. The first-order valence-corrected chi connectivity index (χ1v) is 13.8. The molecular weight excluding hydrogens is 547 g/mol. The van der Waals surface area contributed by atoms with Gasteiger partial charge >= 0.3 is 12.3 Å². The number of halogens is 3. The molecule has 0 aliphatic heterocycles. The van der Waals surface area contributed by atoms with Crippen molar-refractivity contribution in [1.82, 2.24) is 14.6 Å². The van der Waals surface area contributed by atoms with E-state index in [4.69, 9.17) is 0 Å². The molecule has 0 radical (unpaired) electrons. The molecule has 40 heavy (non-hydrogen) atoms. The summed E-state index contributed by atoms with van der Waals surface area (Å²) in [6, 6.07) is 21.2. The third kappa shape index (κ3) is 7.27. The van der Waals surface area contributed by atoms with Crippen LogP contribution in [0, 0.1) is 0 Å². The summed E-state index contributed by atoms with van der Waals surface area (Å²) in [4.78, 5) is 11.4. The number of aliphatic hydroxyl groups excluding tert-OH is 1. The molecule has 0 spiro atoms. The Morgan fingerprint density at radius 3 is 2.38 bits per heavy atom. The molecule has 4 aromatic rings. The van der Waals surface area contributed by atoms with Gasteiger partial charge in [0.2, 0.25) is 10.0 Å². The number of hydrogen-bond acceptors (Lipinski definition) is 5. The molecule has 0 saturated carbocycles. The van der Waals surface area contributed by atoms with Crippen molar-refractivity contribution in [1.29, 1.82) is 0 Å². The van der Waals surface area contributed by atoms with Crippen LogP contribution in [0.3, 0.4) is 0 Å². The molecule has 1 heterocycles. The highest BCUT2D eigenvalue weighted by Crippen LogP contribution is 2.25. The number of sulfonamides is 1. The largest absolute Gasteiger partial charge is 0.477 e. The molecule has 2 unspecified atom stereocenters. The zero-order valence-corrected chi connectivity index (χ0v) is 22.2. The van der Waals surface area contributed by atoms with Crippen molar-refractivity contribution >= 4 is 26.9 Å². The van der Waals surface area contributed by atoms with Gasteiger partial charge in [0, 0.05) is 30.0 Å². The summed E-state index contributed by atoms with van der Waals surface area (Å²) in [5.74, 6) is -1.20. The lowest BCUT2D eigenvalue weighted by molar-refractivity contribution is -0.138. The van der Waals surface area contributed by atoms with E-state index in [0.717, 1.165) is 23.3 Å². The Hall–Kier alpha value is -3.71. The number of aromatic nitrogens is 1. The number of carboxylic acid groups (broad SMARTS) is 1. The normalized spacial score (nSPS) is 13.8. The first-order valence-electron chi connectivity index (χ1n) is 12.3. The summed E-state index contributed by atoms with van der Waals surface area (Å²) < 4.78 is 64.3. The minimum atomic E-state index is -5.13. The van der Waals surface area contributed by atoms with Crippen molar-refractivity contribution in [2.75, 3.05) is 6.54 Å². The highest BCUT2D eigenvalue weighted by molar-refractivity contribution is 7.89. The molecule has 8 nitrogen and oxygen atoms in total. The number of fused-ring (bicyclic) bond motifs is 1. The Bertz CT molecular complexity index is 1600. The Balaban J connectivity index is 1.52. The van der Waals surface area contributed by atoms with Crippen LogP contribution in [0.1, 0.15) is 40.2 Å². The number of carboxylic acids is 1. The second-order valence-electron chi connectivity index (χ2n) is 9.50. The molecule has 212 valence electrons. The van der Waals surface area contributed by atoms with E-state index in [1.165, 1.54) is 22.8 Å². The Morgan fingerprint density at radius 2 is 1.70 bits per heavy atom. The number of aliphatic hydroxyl groups is 1. The van der Waals surface area contributed by atoms with Gasteiger partial charge in [-0.3, -0.25) is 0 Å². The summed E-state index contributed by atoms with van der Waals surface area (Å²) in [5, 5.41) is 24.1. The quantitative estimate of drug-likeness (QED) is 0.196. The number of hydrogen-bond donors (Lipinski definition) is 4. The summed E-state index contributed by atoms with van der Waals surface area (Å²) in [6.45, 7) is 2.26. The van der Waals surface area contributed by atoms with Gasteiger partial charge in [0.1, 0.15) is 5.69 Å². The van der Waals surface area contributed by atoms with Gasteiger partial charge in [0.15, 0.2) is 0 Å². The average Bonchev–Trinajstić information content (AvgIpc) is 3.24. The van der Waals surface area contributed by atoms with Gasteiger partial charge in [0.05, 0.1) is 11.0 Å². The summed E-state index contributed by atoms with van der Waals surface area (Å²) >= 11 is 0. The maximum atomic E-state index is 12.6. The fourth-order valence-electron chi connectivity index (χ4n) is 4.53. The topological polar surface area (TPSA) is 121 Å². The molecule has 0 aliphatic carbocycles. The van der Waals surface area contributed by atoms with E-state index in [1.54, 1.807) is 6.07 Å². The maximum absolute atomic E-state index is 12.6. The van der Waals surface area contributed by atoms with Crippen LogP contribution in [0.2, 0.25) is 0 Å². The van der Waals surface area contributed by atoms with Crippen molar-refractivity contribution in [2.45, 2.75) is 43.2 Å². The molecule has 2 atom stereocenters. The zero-order chi connectivity index (χ0) is 29.1. The lowest BCUT2D eigenvalue weighted by Crippen LogP contribution is -2.37. The molecule has 1 aromatic heterocycles. The third-order valence-electron chi connectivity index (χ3n) is 6.37. The van der Waals surface area contributed by atoms with Gasteiger partial charge in [0.25, 0.3) is 0 Å². The molecule has 12 heteroatoms. The smallest absolute Gasteiger partial charge is 0.470 e. The molecule has 0 amide bonds. The van der Waals surface area contributed by atoms with Gasteiger partial charge in [-0.25, -0.2) is 13.2 Å². The number of carbonyl (C=O) groups is 1. The maximum Gasteiger partial charge on any atom is 0.470 e. The molecule has 3 aromatic carbocycles. The van der Waals surface area contributed by atoms with Crippen molar-refractivity contribution < 1.29 is 36.6 Å². The number of aromatic carboxylic acids is 1. The number of alkyl halides is 3. The first kappa shape index (κ1) is 29.3. The van der Waals surface area contributed by atoms with E-state index in [2.05, 4.69) is 5.32 Å². The SMILES string of the molecule is CC(Cc1ccc2c(c1)cc(C(=O)O)n2Cc1cccc(S(=O)(=O)NC(F)(F)F)c1)NCC(O)c1ccccc1. The Labute approximate surface area is 229 Å². The van der Waals surface area contributed by atoms with Gasteiger partial charge in [-0.15, -0.1) is 4.72 Å². The monoisotopic (exact) mass is 575 g/mol. The van der Waals surface area contributed by atoms with Gasteiger partial charge < -0.3 is 20.1 Å². The summed E-state index contributed by atoms with van der Waals surface area (Å²) in [5.41, 5.74) is 2.57. The van der Waals surface area contributed by atoms with Crippen LogP contribution in [0.25, 0.3) is 10.9 Å². The molecule has 0 aliphatic rings. The van der Waals surface area contributed by atoms with Crippen molar-refractivity contribution in [2.24, 2.45) is 0 Å². The average molecular weight is 576 g/mol. The Morgan fingerprint density at radius 1 is 0.975 bits per heavy atom. The van der Waals surface area contributed by atoms with Crippen molar-refractivity contribution in [3.63, 3.8) is 0 Å². The molecule has 0 fully saturated rings. The van der Waals surface area contributed by atoms with Crippen LogP contribution in [-0.2, 0) is 23.0 Å². The summed E-state index contributed by atoms with van der Waals surface area (Å²) in [7, 11) is -4.85. The predicted molar refractivity (Wildman–Crippen MR) is 143 cm³/mol. The number of rotatable bonds is 11. The van der Waals surface area contributed by atoms with Gasteiger partial charge in [-0.2, -0.15) is 13.2 Å². The Kier molecular flexibility index (Phi) is 8.64. The van der Waals surface area contributed by atoms with Crippen LogP contribution in [0.15, 0.2) is 83.8 Å². The summed E-state index contributed by atoms with van der Waals surface area (Å²) in [6.07, 6.45) is -5.18. The van der Waals surface area contributed by atoms with Crippen LogP contribution >= 0.6 is 0 Å².